The molecule has 0 aliphatic heterocycles. The highest BCUT2D eigenvalue weighted by molar-refractivity contribution is 6.04. The van der Waals surface area contributed by atoms with Crippen LogP contribution in [-0.4, -0.2) is 33.8 Å². The second-order valence-electron chi connectivity index (χ2n) is 9.36. The molecule has 2 amide bonds. The number of aromatic nitrogens is 3. The first-order valence-corrected chi connectivity index (χ1v) is 12.3. The van der Waals surface area contributed by atoms with Gasteiger partial charge >= 0.3 is 6.18 Å². The van der Waals surface area contributed by atoms with Crippen LogP contribution in [0.4, 0.5) is 18.9 Å². The van der Waals surface area contributed by atoms with Crippen molar-refractivity contribution in [3.63, 3.8) is 0 Å². The molecule has 0 spiro atoms. The van der Waals surface area contributed by atoms with E-state index in [-0.39, 0.29) is 17.2 Å². The summed E-state index contributed by atoms with van der Waals surface area (Å²) in [4.78, 5) is 37.2. The average molecular weight is 532 g/mol. The van der Waals surface area contributed by atoms with Crippen LogP contribution in [0.1, 0.15) is 56.6 Å². The second-order valence-corrected chi connectivity index (χ2v) is 9.36. The van der Waals surface area contributed by atoms with Gasteiger partial charge in [-0.25, -0.2) is 0 Å². The summed E-state index contributed by atoms with van der Waals surface area (Å²) in [7, 11) is 1.54. The van der Waals surface area contributed by atoms with Crippen LogP contribution in [0.2, 0.25) is 0 Å². The van der Waals surface area contributed by atoms with Gasteiger partial charge in [0.1, 0.15) is 11.4 Å². The lowest BCUT2D eigenvalue weighted by Crippen LogP contribution is -2.19. The molecule has 0 saturated heterocycles. The van der Waals surface area contributed by atoms with E-state index in [1.165, 1.54) is 6.07 Å². The number of pyridine rings is 3. The molecule has 39 heavy (non-hydrogen) atoms. The van der Waals surface area contributed by atoms with Crippen LogP contribution in [0.15, 0.2) is 67.0 Å². The molecular weight excluding hydrogens is 507 g/mol. The number of halogens is 3. The summed E-state index contributed by atoms with van der Waals surface area (Å²) >= 11 is 0. The first-order valence-electron chi connectivity index (χ1n) is 12.3. The SMILES string of the molecule is CNC(=O)c1cc(-c2cc(-c3cc(NC(=O)c4ccnc(C(F)(F)F)c4)ccc3C)cc(C3CC3)n2)ccn1. The fourth-order valence-corrected chi connectivity index (χ4v) is 4.23. The van der Waals surface area contributed by atoms with Gasteiger partial charge in [0.2, 0.25) is 0 Å². The monoisotopic (exact) mass is 531 g/mol. The van der Waals surface area contributed by atoms with E-state index in [1.54, 1.807) is 37.5 Å². The number of rotatable bonds is 6. The highest BCUT2D eigenvalue weighted by Gasteiger charge is 2.33. The molecule has 0 radical (unpaired) electrons. The van der Waals surface area contributed by atoms with E-state index in [0.29, 0.717) is 17.3 Å². The Labute approximate surface area is 222 Å². The topological polar surface area (TPSA) is 96.9 Å². The Bertz CT molecular complexity index is 1580. The molecule has 1 aromatic carbocycles. The van der Waals surface area contributed by atoms with Gasteiger partial charge in [-0.3, -0.25) is 24.5 Å². The van der Waals surface area contributed by atoms with Crippen molar-refractivity contribution in [3.05, 3.63) is 95.2 Å². The number of nitrogens with one attached hydrogen (secondary N) is 2. The average Bonchev–Trinajstić information content (AvgIpc) is 3.79. The number of nitrogens with zero attached hydrogens (tertiary/aromatic N) is 3. The molecule has 4 aromatic rings. The summed E-state index contributed by atoms with van der Waals surface area (Å²) in [5, 5.41) is 5.27. The van der Waals surface area contributed by atoms with E-state index in [2.05, 4.69) is 20.6 Å². The number of hydrogen-bond acceptors (Lipinski definition) is 5. The van der Waals surface area contributed by atoms with Crippen molar-refractivity contribution in [1.82, 2.24) is 20.3 Å². The van der Waals surface area contributed by atoms with Crippen LogP contribution in [0.5, 0.6) is 0 Å². The highest BCUT2D eigenvalue weighted by Crippen LogP contribution is 2.42. The van der Waals surface area contributed by atoms with E-state index in [1.807, 2.05) is 25.1 Å². The van der Waals surface area contributed by atoms with Gasteiger partial charge in [-0.1, -0.05) is 6.07 Å². The van der Waals surface area contributed by atoms with Crippen molar-refractivity contribution in [2.45, 2.75) is 31.9 Å². The Morgan fingerprint density at radius 3 is 2.38 bits per heavy atom. The summed E-state index contributed by atoms with van der Waals surface area (Å²) in [5.41, 5.74) is 4.45. The molecule has 0 bridgehead atoms. The van der Waals surface area contributed by atoms with Crippen LogP contribution < -0.4 is 10.6 Å². The van der Waals surface area contributed by atoms with Gasteiger partial charge in [0.25, 0.3) is 11.8 Å². The quantitative estimate of drug-likeness (QED) is 0.317. The summed E-state index contributed by atoms with van der Waals surface area (Å²) in [6.45, 7) is 1.94. The van der Waals surface area contributed by atoms with Crippen molar-refractivity contribution < 1.29 is 22.8 Å². The maximum absolute atomic E-state index is 13.0. The van der Waals surface area contributed by atoms with Crippen molar-refractivity contribution in [2.75, 3.05) is 12.4 Å². The Morgan fingerprint density at radius 1 is 0.897 bits per heavy atom. The summed E-state index contributed by atoms with van der Waals surface area (Å²) < 4.78 is 39.1. The molecule has 10 heteroatoms. The molecule has 7 nitrogen and oxygen atoms in total. The van der Waals surface area contributed by atoms with Gasteiger partial charge in [-0.15, -0.1) is 0 Å². The molecule has 2 N–H and O–H groups in total. The van der Waals surface area contributed by atoms with Gasteiger partial charge in [0, 0.05) is 47.9 Å². The Balaban J connectivity index is 1.50. The third-order valence-electron chi connectivity index (χ3n) is 6.48. The lowest BCUT2D eigenvalue weighted by molar-refractivity contribution is -0.141. The van der Waals surface area contributed by atoms with Crippen molar-refractivity contribution in [1.29, 1.82) is 0 Å². The largest absolute Gasteiger partial charge is 0.433 e. The lowest BCUT2D eigenvalue weighted by atomic mass is 9.97. The molecule has 5 rings (SSSR count). The maximum Gasteiger partial charge on any atom is 0.433 e. The number of hydrogen-bond donors (Lipinski definition) is 2. The minimum absolute atomic E-state index is 0.147. The molecular formula is C29H24F3N5O2. The molecule has 3 heterocycles. The number of carbonyl (C=O) groups is 2. The minimum Gasteiger partial charge on any atom is -0.354 e. The zero-order valence-corrected chi connectivity index (χ0v) is 21.1. The Kier molecular flexibility index (Phi) is 6.86. The standard InChI is InChI=1S/C29H24F3N5O2/c1-16-3-6-21(36-27(38)19-8-10-35-26(14-19)29(30,31)32)15-22(16)20-12-23(17-4-5-17)37-24(13-20)18-7-9-34-25(11-18)28(39)33-2/h3,6-15,17H,4-5H2,1-2H3,(H,33,39)(H,36,38). The Hall–Kier alpha value is -4.60. The first kappa shape index (κ1) is 26.0. The smallest absolute Gasteiger partial charge is 0.354 e. The van der Waals surface area contributed by atoms with Gasteiger partial charge < -0.3 is 10.6 Å². The normalized spacial score (nSPS) is 13.2. The minimum atomic E-state index is -4.65. The zero-order valence-electron chi connectivity index (χ0n) is 21.1. The third kappa shape index (κ3) is 5.79. The van der Waals surface area contributed by atoms with Crippen LogP contribution in [0.25, 0.3) is 22.4 Å². The maximum atomic E-state index is 13.0. The third-order valence-corrected chi connectivity index (χ3v) is 6.48. The van der Waals surface area contributed by atoms with Crippen LogP contribution >= 0.6 is 0 Å². The predicted octanol–water partition coefficient (Wildman–Crippen LogP) is 6.02. The number of benzene rings is 1. The van der Waals surface area contributed by atoms with Crippen molar-refractivity contribution in [2.24, 2.45) is 0 Å². The van der Waals surface area contributed by atoms with Crippen LogP contribution in [0.3, 0.4) is 0 Å². The molecule has 1 saturated carbocycles. The van der Waals surface area contributed by atoms with Crippen molar-refractivity contribution in [3.8, 4) is 22.4 Å². The number of carbonyl (C=O) groups excluding carboxylic acids is 2. The zero-order chi connectivity index (χ0) is 27.7. The number of alkyl halides is 3. The van der Waals surface area contributed by atoms with Gasteiger partial charge in [-0.05, 0) is 85.0 Å². The van der Waals surface area contributed by atoms with Gasteiger partial charge in [0.15, 0.2) is 0 Å². The summed E-state index contributed by atoms with van der Waals surface area (Å²) in [6.07, 6.45) is -0.0461. The van der Waals surface area contributed by atoms with E-state index in [9.17, 15) is 22.8 Å². The van der Waals surface area contributed by atoms with Crippen LogP contribution in [0, 0.1) is 6.92 Å². The summed E-state index contributed by atoms with van der Waals surface area (Å²) in [5.74, 6) is -0.627. The van der Waals surface area contributed by atoms with Crippen LogP contribution in [-0.2, 0) is 6.18 Å². The van der Waals surface area contributed by atoms with E-state index >= 15 is 0 Å². The first-order chi connectivity index (χ1) is 18.6. The fourth-order valence-electron chi connectivity index (χ4n) is 4.23. The summed E-state index contributed by atoms with van der Waals surface area (Å²) in [6, 6.07) is 14.7. The molecule has 198 valence electrons. The van der Waals surface area contributed by atoms with Crippen molar-refractivity contribution >= 4 is 17.5 Å². The lowest BCUT2D eigenvalue weighted by Gasteiger charge is -2.14. The van der Waals surface area contributed by atoms with E-state index in [0.717, 1.165) is 53.1 Å². The fraction of sp³-hybridized carbons (Fsp3) is 0.207. The molecule has 1 aliphatic carbocycles. The van der Waals surface area contributed by atoms with E-state index in [4.69, 9.17) is 4.98 Å². The van der Waals surface area contributed by atoms with Gasteiger partial charge in [0.05, 0.1) is 5.69 Å². The van der Waals surface area contributed by atoms with Gasteiger partial charge in [-0.2, -0.15) is 13.2 Å². The molecule has 0 atom stereocenters. The molecule has 3 aromatic heterocycles. The predicted molar refractivity (Wildman–Crippen MR) is 140 cm³/mol. The highest BCUT2D eigenvalue weighted by atomic mass is 19.4. The number of anilines is 1. The molecule has 1 fully saturated rings. The van der Waals surface area contributed by atoms with E-state index < -0.39 is 17.8 Å². The molecule has 1 aliphatic rings. The number of amides is 2. The Morgan fingerprint density at radius 2 is 1.67 bits per heavy atom. The number of aryl methyl sites for hydroxylation is 1. The second kappa shape index (κ2) is 10.3. The molecule has 0 unspecified atom stereocenters.